The Kier molecular flexibility index (Phi) is 10.5. The van der Waals surface area contributed by atoms with Crippen molar-refractivity contribution in [3.05, 3.63) is 129 Å². The van der Waals surface area contributed by atoms with Gasteiger partial charge in [-0.05, 0) is 89.0 Å². The van der Waals surface area contributed by atoms with Crippen LogP contribution in [-0.4, -0.2) is 35.3 Å². The predicted octanol–water partition coefficient (Wildman–Crippen LogP) is 4.43. The van der Waals surface area contributed by atoms with E-state index in [0.29, 0.717) is 56.0 Å². The highest BCUT2D eigenvalue weighted by molar-refractivity contribution is 6.10. The first-order chi connectivity index (χ1) is 19.4. The van der Waals surface area contributed by atoms with E-state index in [1.807, 2.05) is 12.1 Å². The second-order valence-electron chi connectivity index (χ2n) is 8.56. The number of rotatable bonds is 8. The summed E-state index contributed by atoms with van der Waals surface area (Å²) in [5.41, 5.74) is 4.07. The standard InChI is InChI=1S/C16H15NO3.C16H13NO3/c2*1-20-14-5-3-12(4-6-14)16(19)15-7-2-11(9-17)8-13(15)10-18/h2-8,16,18-19H,10H2,1H3;2-8,18H,10H2,1H3. The summed E-state index contributed by atoms with van der Waals surface area (Å²) in [6, 6.07) is 27.3. The Morgan fingerprint density at radius 2 is 1.25 bits per heavy atom. The van der Waals surface area contributed by atoms with Gasteiger partial charge in [0.1, 0.15) is 17.6 Å². The first-order valence-electron chi connectivity index (χ1n) is 12.2. The van der Waals surface area contributed by atoms with E-state index in [1.54, 1.807) is 93.1 Å². The van der Waals surface area contributed by atoms with Gasteiger partial charge >= 0.3 is 0 Å². The number of ketones is 1. The lowest BCUT2D eigenvalue weighted by molar-refractivity contribution is 0.103. The second kappa shape index (κ2) is 14.2. The first-order valence-corrected chi connectivity index (χ1v) is 12.2. The molecular formula is C32H28N2O6. The molecule has 0 saturated heterocycles. The molecule has 0 heterocycles. The third-order valence-electron chi connectivity index (χ3n) is 6.17. The van der Waals surface area contributed by atoms with Gasteiger partial charge in [-0.25, -0.2) is 0 Å². The summed E-state index contributed by atoms with van der Waals surface area (Å²) in [4.78, 5) is 12.4. The van der Waals surface area contributed by atoms with Crippen molar-refractivity contribution >= 4 is 5.78 Å². The molecule has 0 radical (unpaired) electrons. The Labute approximate surface area is 232 Å². The minimum absolute atomic E-state index is 0.193. The van der Waals surface area contributed by atoms with Crippen molar-refractivity contribution < 1.29 is 29.6 Å². The van der Waals surface area contributed by atoms with Gasteiger partial charge in [0.2, 0.25) is 0 Å². The Balaban J connectivity index is 0.000000220. The number of aliphatic hydroxyl groups is 3. The molecule has 0 aromatic heterocycles. The summed E-state index contributed by atoms with van der Waals surface area (Å²) in [6.45, 7) is -0.509. The van der Waals surface area contributed by atoms with Crippen LogP contribution in [0.4, 0.5) is 0 Å². The Bertz CT molecular complexity index is 1530. The van der Waals surface area contributed by atoms with Gasteiger partial charge in [-0.3, -0.25) is 4.79 Å². The van der Waals surface area contributed by atoms with E-state index in [-0.39, 0.29) is 19.0 Å². The van der Waals surface area contributed by atoms with Crippen molar-refractivity contribution in [2.24, 2.45) is 0 Å². The summed E-state index contributed by atoms with van der Waals surface area (Å²) in [5.74, 6) is 1.19. The number of ether oxygens (including phenoxy) is 2. The third kappa shape index (κ3) is 7.10. The molecule has 0 bridgehead atoms. The molecule has 3 N–H and O–H groups in total. The summed E-state index contributed by atoms with van der Waals surface area (Å²) >= 11 is 0. The quantitative estimate of drug-likeness (QED) is 0.281. The molecule has 0 aliphatic heterocycles. The van der Waals surface area contributed by atoms with Crippen molar-refractivity contribution in [3.8, 4) is 23.6 Å². The van der Waals surface area contributed by atoms with Crippen molar-refractivity contribution in [1.82, 2.24) is 0 Å². The van der Waals surface area contributed by atoms with Gasteiger partial charge in [0.15, 0.2) is 5.78 Å². The van der Waals surface area contributed by atoms with Crippen LogP contribution in [0.2, 0.25) is 0 Å². The van der Waals surface area contributed by atoms with Crippen LogP contribution in [-0.2, 0) is 13.2 Å². The maximum Gasteiger partial charge on any atom is 0.193 e. The molecule has 0 saturated carbocycles. The van der Waals surface area contributed by atoms with Crippen LogP contribution in [0.15, 0.2) is 84.9 Å². The van der Waals surface area contributed by atoms with Crippen LogP contribution in [0.5, 0.6) is 11.5 Å². The highest BCUT2D eigenvalue weighted by Gasteiger charge is 2.16. The Hall–Kier alpha value is -4.99. The molecule has 8 nitrogen and oxygen atoms in total. The first kappa shape index (κ1) is 29.6. The van der Waals surface area contributed by atoms with Crippen molar-refractivity contribution in [3.63, 3.8) is 0 Å². The fraction of sp³-hybridized carbons (Fsp3) is 0.156. The molecule has 8 heteroatoms. The molecule has 40 heavy (non-hydrogen) atoms. The molecule has 4 rings (SSSR count). The van der Waals surface area contributed by atoms with E-state index in [4.69, 9.17) is 20.0 Å². The van der Waals surface area contributed by atoms with E-state index >= 15 is 0 Å². The van der Waals surface area contributed by atoms with Crippen molar-refractivity contribution in [2.45, 2.75) is 19.3 Å². The fourth-order valence-electron chi connectivity index (χ4n) is 3.96. The molecule has 0 aliphatic carbocycles. The lowest BCUT2D eigenvalue weighted by atomic mass is 9.95. The van der Waals surface area contributed by atoms with Gasteiger partial charge in [-0.15, -0.1) is 0 Å². The minimum Gasteiger partial charge on any atom is -0.497 e. The van der Waals surface area contributed by atoms with Crippen molar-refractivity contribution in [2.75, 3.05) is 14.2 Å². The van der Waals surface area contributed by atoms with E-state index in [9.17, 15) is 20.1 Å². The van der Waals surface area contributed by atoms with E-state index in [0.717, 1.165) is 0 Å². The Morgan fingerprint density at radius 1 is 0.750 bits per heavy atom. The largest absolute Gasteiger partial charge is 0.497 e. The number of nitriles is 2. The minimum atomic E-state index is -0.851. The molecule has 0 aliphatic rings. The van der Waals surface area contributed by atoms with Crippen LogP contribution in [0, 0.1) is 22.7 Å². The molecule has 4 aromatic carbocycles. The van der Waals surface area contributed by atoms with Crippen LogP contribution >= 0.6 is 0 Å². The van der Waals surface area contributed by atoms with Gasteiger partial charge in [-0.2, -0.15) is 10.5 Å². The smallest absolute Gasteiger partial charge is 0.193 e. The van der Waals surface area contributed by atoms with Crippen LogP contribution in [0.25, 0.3) is 0 Å². The molecule has 0 amide bonds. The van der Waals surface area contributed by atoms with Crippen molar-refractivity contribution in [1.29, 1.82) is 10.5 Å². The van der Waals surface area contributed by atoms with Crippen LogP contribution in [0.1, 0.15) is 55.4 Å². The molecular weight excluding hydrogens is 508 g/mol. The van der Waals surface area contributed by atoms with E-state index < -0.39 is 6.10 Å². The fourth-order valence-corrected chi connectivity index (χ4v) is 3.96. The van der Waals surface area contributed by atoms with Gasteiger partial charge in [0.25, 0.3) is 0 Å². The zero-order chi connectivity index (χ0) is 29.1. The number of carbonyl (C=O) groups excluding carboxylic acids is 1. The second-order valence-corrected chi connectivity index (χ2v) is 8.56. The average molecular weight is 537 g/mol. The molecule has 202 valence electrons. The molecule has 1 atom stereocenters. The summed E-state index contributed by atoms with van der Waals surface area (Å²) in [6.07, 6.45) is -0.851. The zero-order valence-electron chi connectivity index (χ0n) is 22.0. The highest BCUT2D eigenvalue weighted by Crippen LogP contribution is 2.27. The summed E-state index contributed by atoms with van der Waals surface area (Å²) in [5, 5.41) is 46.8. The number of methoxy groups -OCH3 is 2. The average Bonchev–Trinajstić information content (AvgIpc) is 3.03. The van der Waals surface area contributed by atoms with Gasteiger partial charge in [0.05, 0.1) is 50.7 Å². The van der Waals surface area contributed by atoms with Gasteiger partial charge < -0.3 is 24.8 Å². The maximum absolute atomic E-state index is 12.4. The maximum atomic E-state index is 12.4. The van der Waals surface area contributed by atoms with E-state index in [2.05, 4.69) is 0 Å². The predicted molar refractivity (Wildman–Crippen MR) is 148 cm³/mol. The number of hydrogen-bond donors (Lipinski definition) is 3. The van der Waals surface area contributed by atoms with Gasteiger partial charge in [-0.1, -0.05) is 18.2 Å². The molecule has 4 aromatic rings. The normalized spacial score (nSPS) is 10.8. The van der Waals surface area contributed by atoms with E-state index in [1.165, 1.54) is 6.07 Å². The number of carbonyl (C=O) groups is 1. The lowest BCUT2D eigenvalue weighted by Gasteiger charge is -2.15. The number of nitrogens with zero attached hydrogens (tertiary/aromatic N) is 2. The van der Waals surface area contributed by atoms with Crippen LogP contribution < -0.4 is 9.47 Å². The van der Waals surface area contributed by atoms with Gasteiger partial charge in [0, 0.05) is 11.1 Å². The topological polar surface area (TPSA) is 144 Å². The monoisotopic (exact) mass is 536 g/mol. The number of hydrogen-bond acceptors (Lipinski definition) is 8. The SMILES string of the molecule is COc1ccc(C(=O)c2ccc(C#N)cc2CO)cc1.COc1ccc(C(O)c2ccc(C#N)cc2CO)cc1. The molecule has 0 fully saturated rings. The lowest BCUT2D eigenvalue weighted by Crippen LogP contribution is -2.06. The highest BCUT2D eigenvalue weighted by atomic mass is 16.5. The van der Waals surface area contributed by atoms with Crippen LogP contribution in [0.3, 0.4) is 0 Å². The third-order valence-corrected chi connectivity index (χ3v) is 6.17. The summed E-state index contributed by atoms with van der Waals surface area (Å²) < 4.78 is 10.1. The number of aliphatic hydroxyl groups excluding tert-OH is 3. The molecule has 0 spiro atoms. The zero-order valence-corrected chi connectivity index (χ0v) is 22.0. The number of benzene rings is 4. The molecule has 1 unspecified atom stereocenters. The Morgan fingerprint density at radius 3 is 1.75 bits per heavy atom. The summed E-state index contributed by atoms with van der Waals surface area (Å²) in [7, 11) is 3.14.